The van der Waals surface area contributed by atoms with E-state index < -0.39 is 0 Å². The molecule has 1 unspecified atom stereocenters. The smallest absolute Gasteiger partial charge is 0.255 e. The summed E-state index contributed by atoms with van der Waals surface area (Å²) in [6.45, 7) is 2.96. The van der Waals surface area contributed by atoms with Crippen LogP contribution in [0.5, 0.6) is 0 Å². The Morgan fingerprint density at radius 1 is 1.19 bits per heavy atom. The van der Waals surface area contributed by atoms with Crippen molar-refractivity contribution in [3.8, 4) is 0 Å². The molecule has 134 valence electrons. The Kier molecular flexibility index (Phi) is 4.96. The van der Waals surface area contributed by atoms with Crippen molar-refractivity contribution in [2.45, 2.75) is 25.4 Å². The molecule has 0 bridgehead atoms. The van der Waals surface area contributed by atoms with Crippen molar-refractivity contribution in [3.63, 3.8) is 0 Å². The summed E-state index contributed by atoms with van der Waals surface area (Å²) < 4.78 is 0. The van der Waals surface area contributed by atoms with Gasteiger partial charge in [0.15, 0.2) is 0 Å². The number of halogens is 1. The molecule has 5 heteroatoms. The lowest BCUT2D eigenvalue weighted by atomic mass is 10.0. The van der Waals surface area contributed by atoms with Crippen molar-refractivity contribution in [1.82, 2.24) is 9.88 Å². The largest absolute Gasteiger partial charge is 0.381 e. The van der Waals surface area contributed by atoms with Crippen LogP contribution >= 0.6 is 11.6 Å². The van der Waals surface area contributed by atoms with Crippen molar-refractivity contribution < 1.29 is 0 Å². The average Bonchev–Trinajstić information content (AvgIpc) is 2.64. The highest BCUT2D eigenvalue weighted by atomic mass is 35.5. The third-order valence-electron chi connectivity index (χ3n) is 5.00. The number of hydrogen-bond acceptors (Lipinski definition) is 3. The van der Waals surface area contributed by atoms with E-state index in [2.05, 4.69) is 27.3 Å². The minimum absolute atomic E-state index is 0.0439. The molecule has 26 heavy (non-hydrogen) atoms. The first-order chi connectivity index (χ1) is 12.7. The lowest BCUT2D eigenvalue weighted by Crippen LogP contribution is -2.41. The number of rotatable bonds is 4. The van der Waals surface area contributed by atoms with Gasteiger partial charge in [0.2, 0.25) is 0 Å². The van der Waals surface area contributed by atoms with E-state index in [0.29, 0.717) is 6.04 Å². The lowest BCUT2D eigenvalue weighted by molar-refractivity contribution is 0.208. The second kappa shape index (κ2) is 7.52. The Morgan fingerprint density at radius 3 is 2.96 bits per heavy atom. The molecule has 1 aromatic heterocycles. The minimum Gasteiger partial charge on any atom is -0.381 e. The van der Waals surface area contributed by atoms with E-state index in [9.17, 15) is 4.79 Å². The molecule has 0 spiro atoms. The summed E-state index contributed by atoms with van der Waals surface area (Å²) in [5.74, 6) is 0. The number of anilines is 1. The Labute approximate surface area is 157 Å². The number of H-pyrrole nitrogens is 1. The summed E-state index contributed by atoms with van der Waals surface area (Å²) in [7, 11) is 0. The van der Waals surface area contributed by atoms with E-state index in [1.54, 1.807) is 6.20 Å². The Bertz CT molecular complexity index is 969. The molecule has 2 N–H and O–H groups in total. The van der Waals surface area contributed by atoms with Crippen LogP contribution in [0.2, 0.25) is 5.02 Å². The van der Waals surface area contributed by atoms with Gasteiger partial charge < -0.3 is 10.3 Å². The van der Waals surface area contributed by atoms with Crippen LogP contribution in [0.25, 0.3) is 10.8 Å². The van der Waals surface area contributed by atoms with Crippen LogP contribution in [0.3, 0.4) is 0 Å². The topological polar surface area (TPSA) is 48.1 Å². The maximum Gasteiger partial charge on any atom is 0.255 e. The van der Waals surface area contributed by atoms with Gasteiger partial charge in [0, 0.05) is 41.4 Å². The number of piperidine rings is 1. The Morgan fingerprint density at radius 2 is 2.08 bits per heavy atom. The van der Waals surface area contributed by atoms with Crippen molar-refractivity contribution in [2.75, 3.05) is 18.4 Å². The predicted octanol–water partition coefficient (Wildman–Crippen LogP) is 4.26. The first-order valence-electron chi connectivity index (χ1n) is 9.03. The zero-order valence-electron chi connectivity index (χ0n) is 14.5. The first-order valence-corrected chi connectivity index (χ1v) is 9.40. The van der Waals surface area contributed by atoms with Gasteiger partial charge in [-0.1, -0.05) is 29.8 Å². The number of likely N-dealkylation sites (tertiary alicyclic amines) is 1. The maximum absolute atomic E-state index is 11.8. The molecule has 0 amide bonds. The van der Waals surface area contributed by atoms with Crippen molar-refractivity contribution >= 4 is 28.1 Å². The van der Waals surface area contributed by atoms with Gasteiger partial charge in [-0.2, -0.15) is 0 Å². The number of aromatic amines is 1. The second-order valence-electron chi connectivity index (χ2n) is 6.92. The zero-order valence-corrected chi connectivity index (χ0v) is 15.3. The molecule has 3 aromatic rings. The highest BCUT2D eigenvalue weighted by Crippen LogP contribution is 2.22. The summed E-state index contributed by atoms with van der Waals surface area (Å²) in [6, 6.07) is 16.3. The minimum atomic E-state index is -0.0439. The summed E-state index contributed by atoms with van der Waals surface area (Å²) in [5.41, 5.74) is 2.20. The molecule has 4 rings (SSSR count). The Balaban J connectivity index is 1.45. The van der Waals surface area contributed by atoms with Gasteiger partial charge in [-0.25, -0.2) is 0 Å². The normalized spacial score (nSPS) is 18.1. The Hall–Kier alpha value is -2.30. The molecule has 0 radical (unpaired) electrons. The van der Waals surface area contributed by atoms with Gasteiger partial charge in [-0.15, -0.1) is 0 Å². The van der Waals surface area contributed by atoms with Gasteiger partial charge in [0.05, 0.1) is 0 Å². The molecule has 2 heterocycles. The van der Waals surface area contributed by atoms with Gasteiger partial charge in [-0.3, -0.25) is 9.69 Å². The number of aromatic nitrogens is 1. The van der Waals surface area contributed by atoms with E-state index in [4.69, 9.17) is 11.6 Å². The molecule has 1 atom stereocenters. The van der Waals surface area contributed by atoms with E-state index >= 15 is 0 Å². The van der Waals surface area contributed by atoms with Gasteiger partial charge in [-0.05, 0) is 60.7 Å². The summed E-state index contributed by atoms with van der Waals surface area (Å²) in [4.78, 5) is 17.0. The van der Waals surface area contributed by atoms with E-state index in [-0.39, 0.29) is 5.56 Å². The maximum atomic E-state index is 11.8. The van der Waals surface area contributed by atoms with Crippen LogP contribution < -0.4 is 10.9 Å². The molecular formula is C21H22ClN3O. The predicted molar refractivity (Wildman–Crippen MR) is 108 cm³/mol. The number of benzene rings is 2. The second-order valence-corrected chi connectivity index (χ2v) is 7.33. The SMILES string of the molecule is O=c1[nH]ccc2cc(NC3CCCN(Cc4ccccc4Cl)C3)ccc12. The van der Waals surface area contributed by atoms with E-state index in [1.807, 2.05) is 36.4 Å². The molecule has 1 saturated heterocycles. The lowest BCUT2D eigenvalue weighted by Gasteiger charge is -2.34. The fourth-order valence-electron chi connectivity index (χ4n) is 3.70. The molecule has 0 aliphatic carbocycles. The van der Waals surface area contributed by atoms with E-state index in [0.717, 1.165) is 54.0 Å². The van der Waals surface area contributed by atoms with Crippen molar-refractivity contribution in [3.05, 3.63) is 75.7 Å². The number of nitrogens with one attached hydrogen (secondary N) is 2. The van der Waals surface area contributed by atoms with E-state index in [1.165, 1.54) is 5.56 Å². The monoisotopic (exact) mass is 367 g/mol. The standard InChI is InChI=1S/C21H22ClN3O/c22-20-6-2-1-4-16(20)13-25-11-3-5-18(14-25)24-17-7-8-19-15(12-17)9-10-23-21(19)26/h1-2,4,6-10,12,18,24H,3,5,11,13-14H2,(H,23,26). The first kappa shape index (κ1) is 17.1. The summed E-state index contributed by atoms with van der Waals surface area (Å²) >= 11 is 6.31. The van der Waals surface area contributed by atoms with Gasteiger partial charge >= 0.3 is 0 Å². The van der Waals surface area contributed by atoms with Crippen molar-refractivity contribution in [1.29, 1.82) is 0 Å². The number of nitrogens with zero attached hydrogens (tertiary/aromatic N) is 1. The van der Waals surface area contributed by atoms with Gasteiger partial charge in [0.1, 0.15) is 0 Å². The highest BCUT2D eigenvalue weighted by molar-refractivity contribution is 6.31. The summed E-state index contributed by atoms with van der Waals surface area (Å²) in [5, 5.41) is 6.16. The third-order valence-corrected chi connectivity index (χ3v) is 5.37. The fourth-order valence-corrected chi connectivity index (χ4v) is 3.90. The highest BCUT2D eigenvalue weighted by Gasteiger charge is 2.20. The van der Waals surface area contributed by atoms with Crippen LogP contribution in [0.1, 0.15) is 18.4 Å². The van der Waals surface area contributed by atoms with Crippen molar-refractivity contribution in [2.24, 2.45) is 0 Å². The van der Waals surface area contributed by atoms with Gasteiger partial charge in [0.25, 0.3) is 5.56 Å². The number of pyridine rings is 1. The fraction of sp³-hybridized carbons (Fsp3) is 0.286. The molecule has 2 aromatic carbocycles. The van der Waals surface area contributed by atoms with Crippen LogP contribution in [-0.4, -0.2) is 29.0 Å². The summed E-state index contributed by atoms with van der Waals surface area (Å²) in [6.07, 6.45) is 4.00. The third kappa shape index (κ3) is 3.76. The van der Waals surface area contributed by atoms with Crippen LogP contribution in [0.4, 0.5) is 5.69 Å². The van der Waals surface area contributed by atoms with Crippen LogP contribution in [-0.2, 0) is 6.54 Å². The van der Waals surface area contributed by atoms with Crippen LogP contribution in [0, 0.1) is 0 Å². The molecule has 1 aliphatic heterocycles. The zero-order chi connectivity index (χ0) is 17.9. The molecule has 0 saturated carbocycles. The quantitative estimate of drug-likeness (QED) is 0.724. The molecule has 1 fully saturated rings. The average molecular weight is 368 g/mol. The van der Waals surface area contributed by atoms with Crippen LogP contribution in [0.15, 0.2) is 59.5 Å². The number of hydrogen-bond donors (Lipinski definition) is 2. The molecule has 1 aliphatic rings. The molecular weight excluding hydrogens is 346 g/mol. The molecule has 4 nitrogen and oxygen atoms in total. The number of fused-ring (bicyclic) bond motifs is 1.